The smallest absolute Gasteiger partial charge is 0.147 e. The van der Waals surface area contributed by atoms with Gasteiger partial charge in [0.1, 0.15) is 5.82 Å². The van der Waals surface area contributed by atoms with E-state index in [9.17, 15) is 0 Å². The van der Waals surface area contributed by atoms with Crippen LogP contribution in [-0.2, 0) is 0 Å². The zero-order chi connectivity index (χ0) is 10.7. The third kappa shape index (κ3) is 2.84. The summed E-state index contributed by atoms with van der Waals surface area (Å²) in [4.78, 5) is 8.80. The minimum atomic E-state index is 0.568. The van der Waals surface area contributed by atoms with E-state index in [2.05, 4.69) is 15.3 Å². The van der Waals surface area contributed by atoms with Crippen LogP contribution in [0.2, 0.25) is 0 Å². The van der Waals surface area contributed by atoms with Crippen molar-refractivity contribution in [3.63, 3.8) is 0 Å². The molecule has 0 amide bonds. The number of nitrogens with zero attached hydrogens (tertiary/aromatic N) is 2. The van der Waals surface area contributed by atoms with Gasteiger partial charge in [-0.2, -0.15) is 11.8 Å². The van der Waals surface area contributed by atoms with E-state index < -0.39 is 0 Å². The Kier molecular flexibility index (Phi) is 3.46. The van der Waals surface area contributed by atoms with Crippen LogP contribution in [0.3, 0.4) is 0 Å². The third-order valence-corrected chi connectivity index (χ3v) is 3.79. The molecule has 15 heavy (non-hydrogen) atoms. The highest BCUT2D eigenvalue weighted by atomic mass is 32.2. The van der Waals surface area contributed by atoms with E-state index in [-0.39, 0.29) is 0 Å². The van der Waals surface area contributed by atoms with Gasteiger partial charge in [-0.15, -0.1) is 0 Å². The lowest BCUT2D eigenvalue weighted by Gasteiger charge is -2.23. The maximum Gasteiger partial charge on any atom is 0.147 e. The topological polar surface area (TPSA) is 37.8 Å². The number of hydrogen-bond acceptors (Lipinski definition) is 4. The number of nitrogens with one attached hydrogen (secondary N) is 1. The Balaban J connectivity index is 2.05. The summed E-state index contributed by atoms with van der Waals surface area (Å²) in [6.07, 6.45) is 4.37. The molecule has 1 N–H and O–H groups in total. The molecule has 1 aromatic heterocycles. The molecular formula is C11H17N3S. The monoisotopic (exact) mass is 223 g/mol. The van der Waals surface area contributed by atoms with Crippen LogP contribution in [0.25, 0.3) is 0 Å². The number of aryl methyl sites for hydroxylation is 2. The van der Waals surface area contributed by atoms with Gasteiger partial charge in [-0.1, -0.05) is 0 Å². The van der Waals surface area contributed by atoms with Crippen molar-refractivity contribution in [1.82, 2.24) is 9.97 Å². The van der Waals surface area contributed by atoms with E-state index in [0.29, 0.717) is 6.04 Å². The fourth-order valence-corrected chi connectivity index (χ4v) is 2.79. The first-order valence-corrected chi connectivity index (χ1v) is 6.55. The molecule has 2 rings (SSSR count). The number of anilines is 1. The molecule has 4 heteroatoms. The number of aromatic nitrogens is 2. The molecule has 1 fully saturated rings. The average Bonchev–Trinajstić information content (AvgIpc) is 2.25. The molecule has 0 radical (unpaired) electrons. The highest BCUT2D eigenvalue weighted by molar-refractivity contribution is 7.99. The SMILES string of the molecule is Cc1cnc(C)c(NC2CCCSC2)n1. The molecule has 0 bridgehead atoms. The second kappa shape index (κ2) is 4.84. The lowest BCUT2D eigenvalue weighted by Crippen LogP contribution is -2.26. The standard InChI is InChI=1S/C11H17N3S/c1-8-6-12-9(2)11(13-8)14-10-4-3-5-15-7-10/h6,10H,3-5,7H2,1-2H3,(H,13,14). The number of hydrogen-bond donors (Lipinski definition) is 1. The van der Waals surface area contributed by atoms with E-state index in [4.69, 9.17) is 0 Å². The van der Waals surface area contributed by atoms with E-state index in [0.717, 1.165) is 17.2 Å². The van der Waals surface area contributed by atoms with Crippen LogP contribution >= 0.6 is 11.8 Å². The second-order valence-electron chi connectivity index (χ2n) is 4.00. The van der Waals surface area contributed by atoms with Gasteiger partial charge in [0.2, 0.25) is 0 Å². The van der Waals surface area contributed by atoms with Gasteiger partial charge < -0.3 is 5.32 Å². The molecule has 1 unspecified atom stereocenters. The maximum atomic E-state index is 4.48. The van der Waals surface area contributed by atoms with Gasteiger partial charge in [-0.25, -0.2) is 4.98 Å². The van der Waals surface area contributed by atoms with Crippen molar-refractivity contribution in [1.29, 1.82) is 0 Å². The number of thioether (sulfide) groups is 1. The lowest BCUT2D eigenvalue weighted by atomic mass is 10.2. The predicted molar refractivity (Wildman–Crippen MR) is 65.5 cm³/mol. The first-order valence-electron chi connectivity index (χ1n) is 5.40. The molecule has 2 heterocycles. The first-order chi connectivity index (χ1) is 7.25. The minimum Gasteiger partial charge on any atom is -0.365 e. The van der Waals surface area contributed by atoms with Gasteiger partial charge >= 0.3 is 0 Å². The Morgan fingerprint density at radius 2 is 2.33 bits per heavy atom. The van der Waals surface area contributed by atoms with Crippen molar-refractivity contribution >= 4 is 17.6 Å². The molecule has 1 saturated heterocycles. The molecule has 1 aromatic rings. The van der Waals surface area contributed by atoms with Gasteiger partial charge in [-0.05, 0) is 32.4 Å². The Hall–Kier alpha value is -0.770. The summed E-state index contributed by atoms with van der Waals surface area (Å²) in [5.41, 5.74) is 1.97. The van der Waals surface area contributed by atoms with Crippen molar-refractivity contribution in [2.24, 2.45) is 0 Å². The molecule has 1 aliphatic heterocycles. The summed E-state index contributed by atoms with van der Waals surface area (Å²) in [6.45, 7) is 3.98. The molecule has 82 valence electrons. The Morgan fingerprint density at radius 3 is 3.07 bits per heavy atom. The normalized spacial score (nSPS) is 21.3. The van der Waals surface area contributed by atoms with Crippen molar-refractivity contribution < 1.29 is 0 Å². The Bertz CT molecular complexity index is 335. The van der Waals surface area contributed by atoms with Crippen molar-refractivity contribution in [3.8, 4) is 0 Å². The summed E-state index contributed by atoms with van der Waals surface area (Å²) in [6, 6.07) is 0.568. The lowest BCUT2D eigenvalue weighted by molar-refractivity contribution is 0.680. The van der Waals surface area contributed by atoms with Gasteiger partial charge in [0.05, 0.1) is 11.4 Å². The van der Waals surface area contributed by atoms with Crippen molar-refractivity contribution in [2.75, 3.05) is 16.8 Å². The van der Waals surface area contributed by atoms with Gasteiger partial charge in [0.25, 0.3) is 0 Å². The fourth-order valence-electron chi connectivity index (χ4n) is 1.72. The predicted octanol–water partition coefficient (Wildman–Crippen LogP) is 2.40. The summed E-state index contributed by atoms with van der Waals surface area (Å²) in [5, 5.41) is 3.50. The Morgan fingerprint density at radius 1 is 1.47 bits per heavy atom. The largest absolute Gasteiger partial charge is 0.365 e. The zero-order valence-corrected chi connectivity index (χ0v) is 10.1. The van der Waals surface area contributed by atoms with E-state index in [1.807, 2.05) is 31.8 Å². The summed E-state index contributed by atoms with van der Waals surface area (Å²) < 4.78 is 0. The van der Waals surface area contributed by atoms with Crippen LogP contribution in [-0.4, -0.2) is 27.5 Å². The fraction of sp³-hybridized carbons (Fsp3) is 0.636. The van der Waals surface area contributed by atoms with Crippen molar-refractivity contribution in [3.05, 3.63) is 17.6 Å². The molecule has 0 aliphatic carbocycles. The van der Waals surface area contributed by atoms with Crippen LogP contribution in [0.15, 0.2) is 6.20 Å². The van der Waals surface area contributed by atoms with Crippen LogP contribution in [0.4, 0.5) is 5.82 Å². The molecule has 3 nitrogen and oxygen atoms in total. The molecule has 1 atom stereocenters. The molecule has 0 aromatic carbocycles. The summed E-state index contributed by atoms with van der Waals surface area (Å²) in [7, 11) is 0. The molecule has 0 spiro atoms. The van der Waals surface area contributed by atoms with E-state index in [1.165, 1.54) is 24.3 Å². The van der Waals surface area contributed by atoms with Gasteiger partial charge in [0.15, 0.2) is 0 Å². The molecule has 1 aliphatic rings. The molecule has 0 saturated carbocycles. The van der Waals surface area contributed by atoms with Gasteiger partial charge in [-0.3, -0.25) is 4.98 Å². The van der Waals surface area contributed by atoms with Gasteiger partial charge in [0, 0.05) is 18.0 Å². The maximum absolute atomic E-state index is 4.48. The first kappa shape index (κ1) is 10.7. The highest BCUT2D eigenvalue weighted by Gasteiger charge is 2.14. The van der Waals surface area contributed by atoms with Crippen LogP contribution < -0.4 is 5.32 Å². The second-order valence-corrected chi connectivity index (χ2v) is 5.15. The van der Waals surface area contributed by atoms with Crippen LogP contribution in [0.1, 0.15) is 24.2 Å². The summed E-state index contributed by atoms with van der Waals surface area (Å²) in [5.74, 6) is 3.45. The van der Waals surface area contributed by atoms with Crippen LogP contribution in [0.5, 0.6) is 0 Å². The summed E-state index contributed by atoms with van der Waals surface area (Å²) >= 11 is 2.02. The third-order valence-electron chi connectivity index (χ3n) is 2.58. The number of rotatable bonds is 2. The van der Waals surface area contributed by atoms with E-state index in [1.54, 1.807) is 0 Å². The minimum absolute atomic E-state index is 0.568. The van der Waals surface area contributed by atoms with E-state index >= 15 is 0 Å². The Labute approximate surface area is 95.1 Å². The molecular weight excluding hydrogens is 206 g/mol. The average molecular weight is 223 g/mol. The van der Waals surface area contributed by atoms with Crippen molar-refractivity contribution in [2.45, 2.75) is 32.7 Å². The quantitative estimate of drug-likeness (QED) is 0.835. The zero-order valence-electron chi connectivity index (χ0n) is 9.29. The highest BCUT2D eigenvalue weighted by Crippen LogP contribution is 2.21. The van der Waals surface area contributed by atoms with Crippen LogP contribution in [0, 0.1) is 13.8 Å².